The molecule has 0 spiro atoms. The topological polar surface area (TPSA) is 63.3 Å². The van der Waals surface area contributed by atoms with Gasteiger partial charge in [0.15, 0.2) is 5.96 Å². The molecule has 0 radical (unpaired) electrons. The van der Waals surface area contributed by atoms with Crippen LogP contribution in [0.5, 0.6) is 0 Å². The predicted octanol–water partition coefficient (Wildman–Crippen LogP) is 4.20. The third-order valence-corrected chi connectivity index (χ3v) is 6.15. The third-order valence-electron chi connectivity index (χ3n) is 4.93. The SMILES string of the molecule is I.NC(=NCCCc1nc2c(s1)CCCC2)NC1CCCCCC1. The summed E-state index contributed by atoms with van der Waals surface area (Å²) in [6, 6.07) is 0.534. The summed E-state index contributed by atoms with van der Waals surface area (Å²) in [6.45, 7) is 0.801. The molecule has 4 nitrogen and oxygen atoms in total. The van der Waals surface area contributed by atoms with Crippen molar-refractivity contribution in [3.05, 3.63) is 15.6 Å². The lowest BCUT2D eigenvalue weighted by molar-refractivity contribution is 0.530. The molecular weight excluding hydrogens is 431 g/mol. The summed E-state index contributed by atoms with van der Waals surface area (Å²) in [5.74, 6) is 0.635. The van der Waals surface area contributed by atoms with Gasteiger partial charge in [-0.05, 0) is 44.9 Å². The Kier molecular flexibility index (Phi) is 8.80. The summed E-state index contributed by atoms with van der Waals surface area (Å²) in [5.41, 5.74) is 7.41. The highest BCUT2D eigenvalue weighted by molar-refractivity contribution is 14.0. The number of nitrogens with one attached hydrogen (secondary N) is 1. The van der Waals surface area contributed by atoms with Gasteiger partial charge in [-0.15, -0.1) is 35.3 Å². The van der Waals surface area contributed by atoms with E-state index in [1.807, 2.05) is 11.3 Å². The van der Waals surface area contributed by atoms with Crippen LogP contribution in [-0.4, -0.2) is 23.5 Å². The molecule has 136 valence electrons. The van der Waals surface area contributed by atoms with Crippen LogP contribution < -0.4 is 11.1 Å². The van der Waals surface area contributed by atoms with Gasteiger partial charge in [0.05, 0.1) is 10.7 Å². The third kappa shape index (κ3) is 6.17. The number of fused-ring (bicyclic) bond motifs is 1. The van der Waals surface area contributed by atoms with Crippen LogP contribution in [0.3, 0.4) is 0 Å². The first-order valence-electron chi connectivity index (χ1n) is 9.35. The van der Waals surface area contributed by atoms with Crippen molar-refractivity contribution in [3.8, 4) is 0 Å². The Morgan fingerprint density at radius 3 is 2.62 bits per heavy atom. The predicted molar refractivity (Wildman–Crippen MR) is 114 cm³/mol. The van der Waals surface area contributed by atoms with Crippen molar-refractivity contribution in [2.24, 2.45) is 10.7 Å². The van der Waals surface area contributed by atoms with E-state index < -0.39 is 0 Å². The van der Waals surface area contributed by atoms with Gasteiger partial charge in [-0.25, -0.2) is 4.98 Å². The minimum absolute atomic E-state index is 0. The van der Waals surface area contributed by atoms with Crippen molar-refractivity contribution >= 4 is 41.3 Å². The summed E-state index contributed by atoms with van der Waals surface area (Å²) in [7, 11) is 0. The normalized spacial score (nSPS) is 19.2. The molecule has 0 saturated heterocycles. The molecule has 0 atom stereocenters. The average molecular weight is 462 g/mol. The molecule has 1 aromatic rings. The Morgan fingerprint density at radius 2 is 1.88 bits per heavy atom. The van der Waals surface area contributed by atoms with Gasteiger partial charge >= 0.3 is 0 Å². The van der Waals surface area contributed by atoms with E-state index in [0.717, 1.165) is 19.4 Å². The number of thiazole rings is 1. The maximum Gasteiger partial charge on any atom is 0.188 e. The van der Waals surface area contributed by atoms with Gasteiger partial charge in [-0.3, -0.25) is 4.99 Å². The zero-order valence-corrected chi connectivity index (χ0v) is 17.7. The largest absolute Gasteiger partial charge is 0.370 e. The fourth-order valence-electron chi connectivity index (χ4n) is 3.62. The van der Waals surface area contributed by atoms with E-state index in [0.29, 0.717) is 12.0 Å². The summed E-state index contributed by atoms with van der Waals surface area (Å²) in [4.78, 5) is 10.8. The van der Waals surface area contributed by atoms with Crippen LogP contribution in [0.25, 0.3) is 0 Å². The lowest BCUT2D eigenvalue weighted by atomic mass is 10.0. The zero-order chi connectivity index (χ0) is 15.9. The molecule has 24 heavy (non-hydrogen) atoms. The summed E-state index contributed by atoms with van der Waals surface area (Å²) >= 11 is 1.92. The Morgan fingerprint density at radius 1 is 1.12 bits per heavy atom. The fourth-order valence-corrected chi connectivity index (χ4v) is 4.82. The van der Waals surface area contributed by atoms with E-state index in [4.69, 9.17) is 10.7 Å². The number of nitrogens with two attached hydrogens (primary N) is 1. The molecule has 1 fully saturated rings. The number of hydrogen-bond acceptors (Lipinski definition) is 3. The van der Waals surface area contributed by atoms with E-state index in [9.17, 15) is 0 Å². The first kappa shape index (κ1) is 19.9. The number of nitrogens with zero attached hydrogens (tertiary/aromatic N) is 2. The van der Waals surface area contributed by atoms with Crippen LogP contribution in [0.4, 0.5) is 0 Å². The lowest BCUT2D eigenvalue weighted by Gasteiger charge is -2.16. The van der Waals surface area contributed by atoms with Crippen molar-refractivity contribution in [2.75, 3.05) is 6.54 Å². The minimum Gasteiger partial charge on any atom is -0.370 e. The number of aryl methyl sites for hydroxylation is 3. The van der Waals surface area contributed by atoms with Gasteiger partial charge in [-0.1, -0.05) is 25.7 Å². The Balaban J connectivity index is 0.00000208. The smallest absolute Gasteiger partial charge is 0.188 e. The van der Waals surface area contributed by atoms with Gasteiger partial charge in [0.25, 0.3) is 0 Å². The Hall–Kier alpha value is -0.370. The highest BCUT2D eigenvalue weighted by Crippen LogP contribution is 2.27. The molecule has 1 aromatic heterocycles. The number of aliphatic imine (C=N–C) groups is 1. The van der Waals surface area contributed by atoms with Crippen LogP contribution in [0.1, 0.15) is 73.4 Å². The zero-order valence-electron chi connectivity index (χ0n) is 14.6. The monoisotopic (exact) mass is 462 g/mol. The second-order valence-corrected chi connectivity index (χ2v) is 8.06. The van der Waals surface area contributed by atoms with Crippen LogP contribution in [0.2, 0.25) is 0 Å². The maximum absolute atomic E-state index is 6.04. The van der Waals surface area contributed by atoms with Gasteiger partial charge in [0.2, 0.25) is 0 Å². The van der Waals surface area contributed by atoms with Gasteiger partial charge < -0.3 is 11.1 Å². The van der Waals surface area contributed by atoms with E-state index in [1.165, 1.54) is 79.8 Å². The van der Waals surface area contributed by atoms with Crippen LogP contribution in [-0.2, 0) is 19.3 Å². The molecule has 0 amide bonds. The highest BCUT2D eigenvalue weighted by atomic mass is 127. The van der Waals surface area contributed by atoms with Crippen LogP contribution in [0.15, 0.2) is 4.99 Å². The molecule has 1 saturated carbocycles. The first-order valence-corrected chi connectivity index (χ1v) is 10.2. The Bertz CT molecular complexity index is 498. The van der Waals surface area contributed by atoms with Crippen LogP contribution >= 0.6 is 35.3 Å². The summed E-state index contributed by atoms with van der Waals surface area (Å²) in [6.07, 6.45) is 15.0. The molecule has 2 aliphatic carbocycles. The molecule has 0 aromatic carbocycles. The molecule has 3 N–H and O–H groups in total. The van der Waals surface area contributed by atoms with Gasteiger partial charge in [0, 0.05) is 23.9 Å². The number of rotatable bonds is 5. The molecular formula is C18H31IN4S. The van der Waals surface area contributed by atoms with E-state index in [2.05, 4.69) is 10.3 Å². The molecule has 1 heterocycles. The maximum atomic E-state index is 6.04. The number of hydrogen-bond donors (Lipinski definition) is 2. The summed E-state index contributed by atoms with van der Waals surface area (Å²) in [5, 5.41) is 4.71. The first-order chi connectivity index (χ1) is 11.3. The minimum atomic E-state index is 0. The molecule has 3 rings (SSSR count). The van der Waals surface area contributed by atoms with Crippen molar-refractivity contribution in [2.45, 2.75) is 83.1 Å². The molecule has 0 unspecified atom stereocenters. The van der Waals surface area contributed by atoms with Crippen molar-refractivity contribution in [3.63, 3.8) is 0 Å². The van der Waals surface area contributed by atoms with Crippen molar-refractivity contribution < 1.29 is 0 Å². The standard InChI is InChI=1S/C18H30N4S.HI/c19-18(21-14-8-3-1-2-4-9-14)20-13-7-12-17-22-15-10-5-6-11-16(15)23-17;/h14H,1-13H2,(H3,19,20,21);1H. The average Bonchev–Trinajstić information content (AvgIpc) is 2.80. The molecule has 2 aliphatic rings. The second kappa shape index (κ2) is 10.6. The van der Waals surface area contributed by atoms with E-state index in [-0.39, 0.29) is 24.0 Å². The van der Waals surface area contributed by atoms with Gasteiger partial charge in [0.1, 0.15) is 0 Å². The summed E-state index contributed by atoms with van der Waals surface area (Å²) < 4.78 is 0. The Labute approximate surface area is 167 Å². The fraction of sp³-hybridized carbons (Fsp3) is 0.778. The van der Waals surface area contributed by atoms with Crippen molar-refractivity contribution in [1.82, 2.24) is 10.3 Å². The quantitative estimate of drug-likeness (QED) is 0.227. The van der Waals surface area contributed by atoms with E-state index in [1.54, 1.807) is 0 Å². The second-order valence-electron chi connectivity index (χ2n) is 6.89. The van der Waals surface area contributed by atoms with Crippen LogP contribution in [0, 0.1) is 0 Å². The van der Waals surface area contributed by atoms with Gasteiger partial charge in [-0.2, -0.15) is 0 Å². The lowest BCUT2D eigenvalue weighted by Crippen LogP contribution is -2.39. The van der Waals surface area contributed by atoms with E-state index >= 15 is 0 Å². The molecule has 0 bridgehead atoms. The number of guanidine groups is 1. The molecule has 6 heteroatoms. The number of halogens is 1. The molecule has 0 aliphatic heterocycles. The number of aromatic nitrogens is 1. The van der Waals surface area contributed by atoms with Crippen molar-refractivity contribution in [1.29, 1.82) is 0 Å². The highest BCUT2D eigenvalue weighted by Gasteiger charge is 2.15.